The Balaban J connectivity index is 0. The molecule has 6 nitrogen and oxygen atoms in total. The van der Waals surface area contributed by atoms with Crippen LogP contribution in [0.5, 0.6) is 0 Å². The van der Waals surface area contributed by atoms with Gasteiger partial charge >= 0.3 is 34.8 Å². The van der Waals surface area contributed by atoms with Crippen LogP contribution in [0.4, 0.5) is 0 Å². The summed E-state index contributed by atoms with van der Waals surface area (Å²) in [7, 11) is -2.80. The van der Waals surface area contributed by atoms with Gasteiger partial charge in [-0.2, -0.15) is 0 Å². The Morgan fingerprint density at radius 1 is 0.750 bits per heavy atom. The van der Waals surface area contributed by atoms with Gasteiger partial charge in [-0.25, -0.2) is 0 Å². The van der Waals surface area contributed by atoms with E-state index in [4.69, 9.17) is 24.4 Å². The Hall–Kier alpha value is 0.371. The van der Waals surface area contributed by atoms with E-state index in [1.807, 2.05) is 27.7 Å². The Bertz CT molecular complexity index is 156. The van der Waals surface area contributed by atoms with Gasteiger partial charge in [-0.05, 0) is 27.7 Å². The van der Waals surface area contributed by atoms with E-state index < -0.39 is 28.1 Å². The van der Waals surface area contributed by atoms with Gasteiger partial charge in [0, 0.05) is 26.4 Å². The Labute approximate surface area is 107 Å². The molecular formula is C8H20O6SiTi. The standard InChI is InChI=1S/C8H20O4Si.2O.Ti/c1-5-9-13(10-6-2,11-7-3)12-8-4;;;/h5-8H2,1-4H3;;;. The predicted octanol–water partition coefficient (Wildman–Crippen LogP) is 1.33. The fourth-order valence-corrected chi connectivity index (χ4v) is 2.87. The summed E-state index contributed by atoms with van der Waals surface area (Å²) in [6.45, 7) is 9.80. The molecule has 0 aliphatic rings. The van der Waals surface area contributed by atoms with Gasteiger partial charge in [0.2, 0.25) is 0 Å². The summed E-state index contributed by atoms with van der Waals surface area (Å²) in [5.74, 6) is 0. The van der Waals surface area contributed by atoms with E-state index in [0.29, 0.717) is 26.4 Å². The Morgan fingerprint density at radius 3 is 1.06 bits per heavy atom. The van der Waals surface area contributed by atoms with Crippen molar-refractivity contribution in [1.82, 2.24) is 0 Å². The third-order valence-corrected chi connectivity index (χ3v) is 3.85. The molecule has 0 atom stereocenters. The van der Waals surface area contributed by atoms with Crippen molar-refractivity contribution in [1.29, 1.82) is 0 Å². The minimum absolute atomic E-state index is 0.548. The van der Waals surface area contributed by atoms with Gasteiger partial charge in [0.1, 0.15) is 0 Å². The summed E-state index contributed by atoms with van der Waals surface area (Å²) in [4.78, 5) is 0. The summed E-state index contributed by atoms with van der Waals surface area (Å²) in [6, 6.07) is 0. The monoisotopic (exact) mass is 288 g/mol. The first-order valence-corrected chi connectivity index (χ1v) is 8.12. The summed E-state index contributed by atoms with van der Waals surface area (Å²) < 4.78 is 38.7. The van der Waals surface area contributed by atoms with Gasteiger partial charge in [-0.15, -0.1) is 0 Å². The molecule has 0 spiro atoms. The molecule has 0 saturated carbocycles. The molecule has 0 aromatic carbocycles. The van der Waals surface area contributed by atoms with Crippen LogP contribution in [0.25, 0.3) is 0 Å². The average Bonchev–Trinajstić information content (AvgIpc) is 2.20. The van der Waals surface area contributed by atoms with E-state index in [-0.39, 0.29) is 0 Å². The van der Waals surface area contributed by atoms with E-state index in [1.54, 1.807) is 0 Å². The molecule has 0 amide bonds. The molecule has 0 radical (unpaired) electrons. The van der Waals surface area contributed by atoms with Gasteiger partial charge in [-0.3, -0.25) is 0 Å². The molecule has 0 aliphatic heterocycles. The third kappa shape index (κ3) is 9.59. The molecule has 0 aromatic heterocycles. The van der Waals surface area contributed by atoms with Crippen molar-refractivity contribution in [2.45, 2.75) is 27.7 Å². The summed E-state index contributed by atoms with van der Waals surface area (Å²) in [6.07, 6.45) is 0. The summed E-state index contributed by atoms with van der Waals surface area (Å²) in [5.41, 5.74) is 0. The van der Waals surface area contributed by atoms with E-state index in [2.05, 4.69) is 0 Å². The zero-order valence-corrected chi connectivity index (χ0v) is 12.8. The molecule has 8 heteroatoms. The van der Waals surface area contributed by atoms with Crippen LogP contribution in [0.1, 0.15) is 27.7 Å². The first kappa shape index (κ1) is 18.7. The van der Waals surface area contributed by atoms with Gasteiger partial charge in [0.15, 0.2) is 0 Å². The summed E-state index contributed by atoms with van der Waals surface area (Å²) in [5, 5.41) is 0. The molecule has 0 N–H and O–H groups in total. The van der Waals surface area contributed by atoms with Crippen LogP contribution in [-0.2, 0) is 43.4 Å². The Kier molecular flexibility index (Phi) is 15.7. The maximum atomic E-state index is 8.50. The molecule has 96 valence electrons. The quantitative estimate of drug-likeness (QED) is 0.627. The van der Waals surface area contributed by atoms with E-state index in [0.717, 1.165) is 0 Å². The fraction of sp³-hybridized carbons (Fsp3) is 1.00. The van der Waals surface area contributed by atoms with Crippen LogP contribution < -0.4 is 0 Å². The molecular weight excluding hydrogens is 268 g/mol. The molecule has 0 fully saturated rings. The number of rotatable bonds is 8. The van der Waals surface area contributed by atoms with E-state index >= 15 is 0 Å². The van der Waals surface area contributed by atoms with Crippen molar-refractivity contribution >= 4 is 9.05 Å². The van der Waals surface area contributed by atoms with Gasteiger partial charge < -0.3 is 17.7 Å². The molecule has 0 aliphatic carbocycles. The molecule has 0 rings (SSSR count). The van der Waals surface area contributed by atoms with Crippen molar-refractivity contribution in [3.63, 3.8) is 0 Å². The van der Waals surface area contributed by atoms with Gasteiger partial charge in [-0.1, -0.05) is 0 Å². The van der Waals surface area contributed by atoms with Crippen molar-refractivity contribution < 1.29 is 43.4 Å². The van der Waals surface area contributed by atoms with Crippen LogP contribution in [0, 0.1) is 0 Å². The molecule has 0 aromatic rings. The van der Waals surface area contributed by atoms with E-state index in [9.17, 15) is 0 Å². The first-order valence-electron chi connectivity index (χ1n) is 5.21. The summed E-state index contributed by atoms with van der Waals surface area (Å²) >= 11 is -2.00. The number of hydrogen-bond acceptors (Lipinski definition) is 6. The van der Waals surface area contributed by atoms with Crippen molar-refractivity contribution in [3.8, 4) is 0 Å². The molecule has 0 bridgehead atoms. The third-order valence-electron chi connectivity index (χ3n) is 1.28. The van der Waals surface area contributed by atoms with Gasteiger partial charge in [0.05, 0.1) is 0 Å². The zero-order chi connectivity index (χ0) is 12.9. The molecule has 0 unspecified atom stereocenters. The second kappa shape index (κ2) is 13.4. The van der Waals surface area contributed by atoms with Crippen molar-refractivity contribution in [3.05, 3.63) is 0 Å². The fourth-order valence-electron chi connectivity index (χ4n) is 0.957. The van der Waals surface area contributed by atoms with Crippen LogP contribution in [0.2, 0.25) is 0 Å². The van der Waals surface area contributed by atoms with Crippen molar-refractivity contribution in [2.24, 2.45) is 0 Å². The van der Waals surface area contributed by atoms with Crippen LogP contribution in [0.15, 0.2) is 0 Å². The topological polar surface area (TPSA) is 71.1 Å². The number of hydrogen-bond donors (Lipinski definition) is 0. The van der Waals surface area contributed by atoms with Crippen LogP contribution in [0.3, 0.4) is 0 Å². The van der Waals surface area contributed by atoms with Crippen molar-refractivity contribution in [2.75, 3.05) is 26.4 Å². The SMILES string of the molecule is CCO[Si](OCC)(OCC)OCC.[O]=[Ti]=[O]. The Morgan fingerprint density at radius 2 is 0.938 bits per heavy atom. The van der Waals surface area contributed by atoms with Crippen LogP contribution >= 0.6 is 0 Å². The molecule has 16 heavy (non-hydrogen) atoms. The second-order valence-electron chi connectivity index (χ2n) is 2.32. The molecule has 0 saturated heterocycles. The second-order valence-corrected chi connectivity index (χ2v) is 4.73. The average molecular weight is 288 g/mol. The van der Waals surface area contributed by atoms with Gasteiger partial charge in [0.25, 0.3) is 0 Å². The molecule has 0 heterocycles. The predicted molar refractivity (Wildman–Crippen MR) is 53.6 cm³/mol. The zero-order valence-electron chi connectivity index (χ0n) is 10.3. The normalized spacial score (nSPS) is 10.2. The van der Waals surface area contributed by atoms with E-state index in [1.165, 1.54) is 0 Å². The maximum absolute atomic E-state index is 8.50. The minimum atomic E-state index is -2.80. The first-order chi connectivity index (χ1) is 7.66. The van der Waals surface area contributed by atoms with Crippen LogP contribution in [-0.4, -0.2) is 35.5 Å².